The van der Waals surface area contributed by atoms with E-state index in [0.29, 0.717) is 33.5 Å². The molecule has 3 aromatic rings. The summed E-state index contributed by atoms with van der Waals surface area (Å²) in [5, 5.41) is 17.0. The van der Waals surface area contributed by atoms with Gasteiger partial charge in [0.05, 0.1) is 0 Å². The van der Waals surface area contributed by atoms with Gasteiger partial charge in [-0.05, 0) is 36.4 Å². The first-order valence-corrected chi connectivity index (χ1v) is 6.12. The second kappa shape index (κ2) is 6.07. The highest BCUT2D eigenvalue weighted by atomic mass is 19.1. The van der Waals surface area contributed by atoms with Crippen LogP contribution in [-0.4, -0.2) is 12.2 Å². The first kappa shape index (κ1) is 14.6. The van der Waals surface area contributed by atoms with Crippen LogP contribution in [-0.2, 0) is 0 Å². The molecule has 5 heteroatoms. The predicted octanol–water partition coefficient (Wildman–Crippen LogP) is 3.30. The van der Waals surface area contributed by atoms with Crippen molar-refractivity contribution in [2.45, 2.75) is 0 Å². The van der Waals surface area contributed by atoms with Crippen molar-refractivity contribution < 1.29 is 13.9 Å². The summed E-state index contributed by atoms with van der Waals surface area (Å²) in [5.41, 5.74) is 7.90. The Morgan fingerprint density at radius 1 is 1.14 bits per heavy atom. The molecule has 0 aliphatic heterocycles. The summed E-state index contributed by atoms with van der Waals surface area (Å²) in [7, 11) is 1.00. The van der Waals surface area contributed by atoms with E-state index < -0.39 is 0 Å². The van der Waals surface area contributed by atoms with E-state index in [1.54, 1.807) is 30.3 Å². The lowest BCUT2D eigenvalue weighted by Gasteiger charge is -1.96. The maximum absolute atomic E-state index is 12.9. The third-order valence-electron chi connectivity index (χ3n) is 2.93. The van der Waals surface area contributed by atoms with Gasteiger partial charge < -0.3 is 15.3 Å². The molecule has 2 aromatic carbocycles. The first-order valence-electron chi connectivity index (χ1n) is 6.12. The van der Waals surface area contributed by atoms with Crippen molar-refractivity contribution in [1.29, 1.82) is 5.26 Å². The van der Waals surface area contributed by atoms with Gasteiger partial charge in [-0.15, -0.1) is 0 Å². The number of rotatable bonds is 1. The molecule has 0 fully saturated rings. The summed E-state index contributed by atoms with van der Waals surface area (Å²) in [4.78, 5) is 0. The summed E-state index contributed by atoms with van der Waals surface area (Å²) >= 11 is 0. The number of benzene rings is 2. The number of furan rings is 1. The van der Waals surface area contributed by atoms with Crippen LogP contribution >= 0.6 is 0 Å². The largest absolute Gasteiger partial charge is 0.455 e. The van der Waals surface area contributed by atoms with E-state index in [2.05, 4.69) is 6.07 Å². The van der Waals surface area contributed by atoms with Crippen LogP contribution in [0.25, 0.3) is 22.3 Å². The van der Waals surface area contributed by atoms with Crippen molar-refractivity contribution in [2.24, 2.45) is 0 Å². The second-order valence-electron chi connectivity index (χ2n) is 4.18. The zero-order valence-electron chi connectivity index (χ0n) is 11.3. The number of anilines is 1. The molecule has 0 saturated carbocycles. The van der Waals surface area contributed by atoms with E-state index in [-0.39, 0.29) is 5.82 Å². The lowest BCUT2D eigenvalue weighted by molar-refractivity contribution is 0.399. The van der Waals surface area contributed by atoms with Crippen LogP contribution in [0.15, 0.2) is 46.9 Å². The van der Waals surface area contributed by atoms with E-state index >= 15 is 0 Å². The zero-order chi connectivity index (χ0) is 15.4. The SMILES string of the molecule is CO.N#Cc1c(-c2ccc(F)cc2)oc2cc(N)ccc12. The Morgan fingerprint density at radius 3 is 2.43 bits per heavy atom. The lowest BCUT2D eigenvalue weighted by Crippen LogP contribution is -1.82. The van der Waals surface area contributed by atoms with Gasteiger partial charge in [0.15, 0.2) is 5.76 Å². The first-order chi connectivity index (χ1) is 10.2. The van der Waals surface area contributed by atoms with Gasteiger partial charge in [-0.3, -0.25) is 0 Å². The summed E-state index contributed by atoms with van der Waals surface area (Å²) in [6, 6.07) is 13.1. The molecule has 1 heterocycles. The Labute approximate surface area is 120 Å². The highest BCUT2D eigenvalue weighted by Crippen LogP contribution is 2.33. The van der Waals surface area contributed by atoms with Gasteiger partial charge in [-0.2, -0.15) is 5.26 Å². The minimum absolute atomic E-state index is 0.331. The number of fused-ring (bicyclic) bond motifs is 1. The molecule has 4 nitrogen and oxygen atoms in total. The number of nitrogens with zero attached hydrogens (tertiary/aromatic N) is 1. The van der Waals surface area contributed by atoms with E-state index in [1.807, 2.05) is 0 Å². The van der Waals surface area contributed by atoms with Crippen LogP contribution in [0.2, 0.25) is 0 Å². The fraction of sp³-hybridized carbons (Fsp3) is 0.0625. The average molecular weight is 284 g/mol. The average Bonchev–Trinajstić information content (AvgIpc) is 2.87. The number of aliphatic hydroxyl groups excluding tert-OH is 1. The van der Waals surface area contributed by atoms with Crippen LogP contribution in [0.1, 0.15) is 5.56 Å². The molecule has 106 valence electrons. The van der Waals surface area contributed by atoms with E-state index in [9.17, 15) is 9.65 Å². The standard InChI is InChI=1S/C15H9FN2O.CH4O/c16-10-3-1-9(2-4-10)15-13(8-17)12-6-5-11(18)7-14(12)19-15;1-2/h1-7H,18H2;2H,1H3. The molecule has 0 unspecified atom stereocenters. The van der Waals surface area contributed by atoms with E-state index in [4.69, 9.17) is 15.3 Å². The Bertz CT molecular complexity index is 801. The van der Waals surface area contributed by atoms with Crippen LogP contribution in [0.4, 0.5) is 10.1 Å². The summed E-state index contributed by atoms with van der Waals surface area (Å²) in [5.74, 6) is 0.103. The Kier molecular flexibility index (Phi) is 4.21. The van der Waals surface area contributed by atoms with Crippen molar-refractivity contribution in [3.63, 3.8) is 0 Å². The van der Waals surface area contributed by atoms with Gasteiger partial charge in [-0.1, -0.05) is 0 Å². The summed E-state index contributed by atoms with van der Waals surface area (Å²) in [6.07, 6.45) is 0. The highest BCUT2D eigenvalue weighted by molar-refractivity contribution is 5.92. The molecule has 0 aliphatic rings. The summed E-state index contributed by atoms with van der Waals surface area (Å²) in [6.45, 7) is 0. The van der Waals surface area contributed by atoms with Crippen molar-refractivity contribution in [1.82, 2.24) is 0 Å². The van der Waals surface area contributed by atoms with Gasteiger partial charge in [0.1, 0.15) is 23.0 Å². The lowest BCUT2D eigenvalue weighted by atomic mass is 10.1. The molecular formula is C16H13FN2O2. The maximum Gasteiger partial charge on any atom is 0.153 e. The van der Waals surface area contributed by atoms with Crippen LogP contribution in [0.5, 0.6) is 0 Å². The molecule has 0 radical (unpaired) electrons. The Hall–Kier alpha value is -2.84. The zero-order valence-corrected chi connectivity index (χ0v) is 11.3. The second-order valence-corrected chi connectivity index (χ2v) is 4.18. The molecule has 0 atom stereocenters. The quantitative estimate of drug-likeness (QED) is 0.671. The molecule has 0 bridgehead atoms. The third-order valence-corrected chi connectivity index (χ3v) is 2.93. The molecule has 0 aliphatic carbocycles. The van der Waals surface area contributed by atoms with E-state index in [1.165, 1.54) is 12.1 Å². The van der Waals surface area contributed by atoms with Crippen LogP contribution < -0.4 is 5.73 Å². The maximum atomic E-state index is 12.9. The molecular weight excluding hydrogens is 271 g/mol. The number of aliphatic hydroxyl groups is 1. The summed E-state index contributed by atoms with van der Waals surface area (Å²) < 4.78 is 18.6. The van der Waals surface area contributed by atoms with Crippen molar-refractivity contribution in [2.75, 3.05) is 12.8 Å². The number of hydrogen-bond acceptors (Lipinski definition) is 4. The van der Waals surface area contributed by atoms with Crippen molar-refractivity contribution in [3.05, 3.63) is 53.8 Å². The minimum atomic E-state index is -0.331. The number of halogens is 1. The Morgan fingerprint density at radius 2 is 1.81 bits per heavy atom. The predicted molar refractivity (Wildman–Crippen MR) is 78.9 cm³/mol. The topological polar surface area (TPSA) is 83.2 Å². The molecule has 0 saturated heterocycles. The van der Waals surface area contributed by atoms with E-state index in [0.717, 1.165) is 7.11 Å². The van der Waals surface area contributed by atoms with Gasteiger partial charge >= 0.3 is 0 Å². The highest BCUT2D eigenvalue weighted by Gasteiger charge is 2.15. The van der Waals surface area contributed by atoms with Gasteiger partial charge in [0, 0.05) is 29.8 Å². The van der Waals surface area contributed by atoms with Gasteiger partial charge in [-0.25, -0.2) is 4.39 Å². The number of nitrogen functional groups attached to an aromatic ring is 1. The fourth-order valence-corrected chi connectivity index (χ4v) is 2.03. The molecule has 3 rings (SSSR count). The Balaban J connectivity index is 0.000000774. The normalized spacial score (nSPS) is 9.81. The molecule has 0 amide bonds. The molecule has 1 aromatic heterocycles. The van der Waals surface area contributed by atoms with Crippen molar-refractivity contribution >= 4 is 16.7 Å². The van der Waals surface area contributed by atoms with Crippen LogP contribution in [0.3, 0.4) is 0 Å². The third kappa shape index (κ3) is 2.71. The van der Waals surface area contributed by atoms with Crippen molar-refractivity contribution in [3.8, 4) is 17.4 Å². The monoisotopic (exact) mass is 284 g/mol. The fourth-order valence-electron chi connectivity index (χ4n) is 2.03. The smallest absolute Gasteiger partial charge is 0.153 e. The molecule has 3 N–H and O–H groups in total. The minimum Gasteiger partial charge on any atom is -0.455 e. The number of hydrogen-bond donors (Lipinski definition) is 2. The van der Waals surface area contributed by atoms with Gasteiger partial charge in [0.25, 0.3) is 0 Å². The van der Waals surface area contributed by atoms with Crippen LogP contribution in [0, 0.1) is 17.1 Å². The number of nitrogens with two attached hydrogens (primary N) is 1. The molecule has 21 heavy (non-hydrogen) atoms. The molecule has 0 spiro atoms. The van der Waals surface area contributed by atoms with Gasteiger partial charge in [0.2, 0.25) is 0 Å². The number of nitriles is 1.